The van der Waals surface area contributed by atoms with Gasteiger partial charge >= 0.3 is 0 Å². The summed E-state index contributed by atoms with van der Waals surface area (Å²) in [5.41, 5.74) is 7.86. The number of halogens is 2. The van der Waals surface area contributed by atoms with Gasteiger partial charge in [-0.2, -0.15) is 11.3 Å². The Hall–Kier alpha value is -1.26. The summed E-state index contributed by atoms with van der Waals surface area (Å²) in [6.45, 7) is 0. The van der Waals surface area contributed by atoms with Crippen LogP contribution in [0.1, 0.15) is 17.5 Å². The highest BCUT2D eigenvalue weighted by Crippen LogP contribution is 2.13. The Morgan fingerprint density at radius 2 is 1.83 bits per heavy atom. The fourth-order valence-corrected chi connectivity index (χ4v) is 2.62. The molecule has 1 aromatic heterocycles. The van der Waals surface area contributed by atoms with Gasteiger partial charge in [0.2, 0.25) is 0 Å². The smallest absolute Gasteiger partial charge is 0.126 e. The minimum absolute atomic E-state index is 0.0777. The van der Waals surface area contributed by atoms with E-state index < -0.39 is 11.6 Å². The molecule has 0 saturated heterocycles. The van der Waals surface area contributed by atoms with Crippen molar-refractivity contribution >= 4 is 11.3 Å². The highest BCUT2D eigenvalue weighted by Gasteiger charge is 2.07. The van der Waals surface area contributed by atoms with Crippen molar-refractivity contribution in [2.75, 3.05) is 0 Å². The van der Waals surface area contributed by atoms with E-state index in [1.807, 2.05) is 5.38 Å². The Morgan fingerprint density at radius 1 is 1.11 bits per heavy atom. The molecule has 1 aromatic carbocycles. The highest BCUT2D eigenvalue weighted by atomic mass is 32.1. The summed E-state index contributed by atoms with van der Waals surface area (Å²) in [5, 5.41) is 4.12. The third-order valence-electron chi connectivity index (χ3n) is 2.80. The van der Waals surface area contributed by atoms with Crippen LogP contribution < -0.4 is 5.73 Å². The third-order valence-corrected chi connectivity index (χ3v) is 3.54. The van der Waals surface area contributed by atoms with E-state index in [-0.39, 0.29) is 6.04 Å². The van der Waals surface area contributed by atoms with Crippen molar-refractivity contribution in [2.24, 2.45) is 5.73 Å². The summed E-state index contributed by atoms with van der Waals surface area (Å²) in [7, 11) is 0. The molecule has 0 saturated carbocycles. The van der Waals surface area contributed by atoms with Gasteiger partial charge in [-0.25, -0.2) is 8.78 Å². The van der Waals surface area contributed by atoms with Gasteiger partial charge in [0.05, 0.1) is 0 Å². The molecule has 0 aliphatic heterocycles. The van der Waals surface area contributed by atoms with Gasteiger partial charge in [0.1, 0.15) is 11.6 Å². The van der Waals surface area contributed by atoms with Gasteiger partial charge in [-0.1, -0.05) is 0 Å². The predicted octanol–water partition coefficient (Wildman–Crippen LogP) is 3.53. The lowest BCUT2D eigenvalue weighted by molar-refractivity contribution is 0.568. The van der Waals surface area contributed by atoms with Crippen LogP contribution in [0.4, 0.5) is 8.78 Å². The molecular formula is C14H15F2NS. The first kappa shape index (κ1) is 13.2. The summed E-state index contributed by atoms with van der Waals surface area (Å²) >= 11 is 1.66. The molecular weight excluding hydrogens is 252 g/mol. The van der Waals surface area contributed by atoms with Crippen molar-refractivity contribution in [2.45, 2.75) is 25.3 Å². The molecule has 4 heteroatoms. The number of rotatable bonds is 5. The number of hydrogen-bond acceptors (Lipinski definition) is 2. The first-order valence-corrected chi connectivity index (χ1v) is 6.79. The van der Waals surface area contributed by atoms with Crippen LogP contribution in [0, 0.1) is 11.6 Å². The average Bonchev–Trinajstić information content (AvgIpc) is 2.77. The quantitative estimate of drug-likeness (QED) is 0.881. The minimum atomic E-state index is -0.546. The van der Waals surface area contributed by atoms with Crippen molar-refractivity contribution in [1.82, 2.24) is 0 Å². The molecule has 0 amide bonds. The summed E-state index contributed by atoms with van der Waals surface area (Å²) in [6, 6.07) is 5.55. The van der Waals surface area contributed by atoms with Gasteiger partial charge in [-0.05, 0) is 59.3 Å². The zero-order valence-electron chi connectivity index (χ0n) is 9.90. The van der Waals surface area contributed by atoms with E-state index in [9.17, 15) is 8.78 Å². The first-order valence-electron chi connectivity index (χ1n) is 5.85. The van der Waals surface area contributed by atoms with Crippen LogP contribution in [0.2, 0.25) is 0 Å². The molecule has 0 spiro atoms. The van der Waals surface area contributed by atoms with E-state index in [0.717, 1.165) is 18.9 Å². The van der Waals surface area contributed by atoms with E-state index in [4.69, 9.17) is 5.73 Å². The Bertz CT molecular complexity index is 476. The van der Waals surface area contributed by atoms with E-state index in [1.165, 1.54) is 17.7 Å². The number of aryl methyl sites for hydroxylation is 1. The molecule has 0 aliphatic rings. The zero-order valence-corrected chi connectivity index (χ0v) is 10.7. The predicted molar refractivity (Wildman–Crippen MR) is 70.7 cm³/mol. The van der Waals surface area contributed by atoms with Crippen LogP contribution in [0.25, 0.3) is 0 Å². The maximum absolute atomic E-state index is 13.0. The summed E-state index contributed by atoms with van der Waals surface area (Å²) in [6.07, 6.45) is 2.22. The molecule has 1 nitrogen and oxygen atoms in total. The molecule has 2 aromatic rings. The van der Waals surface area contributed by atoms with E-state index in [0.29, 0.717) is 12.0 Å². The molecule has 1 heterocycles. The molecule has 1 unspecified atom stereocenters. The lowest BCUT2D eigenvalue weighted by Crippen LogP contribution is -2.23. The second-order valence-corrected chi connectivity index (χ2v) is 5.19. The van der Waals surface area contributed by atoms with Crippen LogP contribution in [0.15, 0.2) is 35.0 Å². The van der Waals surface area contributed by atoms with Crippen LogP contribution in [-0.4, -0.2) is 6.04 Å². The Balaban J connectivity index is 1.88. The van der Waals surface area contributed by atoms with Crippen LogP contribution in [0.5, 0.6) is 0 Å². The number of nitrogens with two attached hydrogens (primary N) is 1. The van der Waals surface area contributed by atoms with Crippen molar-refractivity contribution in [3.63, 3.8) is 0 Å². The lowest BCUT2D eigenvalue weighted by Gasteiger charge is -2.11. The van der Waals surface area contributed by atoms with E-state index in [2.05, 4.69) is 11.4 Å². The fraction of sp³-hybridized carbons (Fsp3) is 0.286. The maximum atomic E-state index is 13.0. The molecule has 2 N–H and O–H groups in total. The second-order valence-electron chi connectivity index (χ2n) is 4.41. The van der Waals surface area contributed by atoms with Gasteiger partial charge in [0.15, 0.2) is 0 Å². The topological polar surface area (TPSA) is 26.0 Å². The summed E-state index contributed by atoms with van der Waals surface area (Å²) in [5.74, 6) is -1.09. The van der Waals surface area contributed by atoms with Crippen molar-refractivity contribution in [1.29, 1.82) is 0 Å². The van der Waals surface area contributed by atoms with Gasteiger partial charge in [0, 0.05) is 12.1 Å². The van der Waals surface area contributed by atoms with Crippen molar-refractivity contribution < 1.29 is 8.78 Å². The van der Waals surface area contributed by atoms with E-state index >= 15 is 0 Å². The van der Waals surface area contributed by atoms with Gasteiger partial charge in [0.25, 0.3) is 0 Å². The Labute approximate surface area is 109 Å². The highest BCUT2D eigenvalue weighted by molar-refractivity contribution is 7.07. The van der Waals surface area contributed by atoms with Gasteiger partial charge in [-0.15, -0.1) is 0 Å². The van der Waals surface area contributed by atoms with E-state index in [1.54, 1.807) is 11.3 Å². The van der Waals surface area contributed by atoms with Crippen LogP contribution >= 0.6 is 11.3 Å². The largest absolute Gasteiger partial charge is 0.327 e. The standard InChI is InChI=1S/C14H15F2NS/c15-12-5-11(6-13(16)8-12)7-14(17)2-1-10-3-4-18-9-10/h3-6,8-9,14H,1-2,7,17H2. The monoisotopic (exact) mass is 267 g/mol. The van der Waals surface area contributed by atoms with Crippen LogP contribution in [0.3, 0.4) is 0 Å². The molecule has 96 valence electrons. The fourth-order valence-electron chi connectivity index (χ4n) is 1.92. The lowest BCUT2D eigenvalue weighted by atomic mass is 10.0. The van der Waals surface area contributed by atoms with Crippen LogP contribution in [-0.2, 0) is 12.8 Å². The average molecular weight is 267 g/mol. The first-order chi connectivity index (χ1) is 8.63. The van der Waals surface area contributed by atoms with Gasteiger partial charge in [-0.3, -0.25) is 0 Å². The maximum Gasteiger partial charge on any atom is 0.126 e. The summed E-state index contributed by atoms with van der Waals surface area (Å²) in [4.78, 5) is 0. The molecule has 0 fully saturated rings. The second kappa shape index (κ2) is 6.07. The molecule has 1 atom stereocenters. The SMILES string of the molecule is NC(CCc1ccsc1)Cc1cc(F)cc(F)c1. The molecule has 0 aliphatic carbocycles. The third kappa shape index (κ3) is 3.89. The molecule has 18 heavy (non-hydrogen) atoms. The molecule has 0 radical (unpaired) electrons. The molecule has 0 bridgehead atoms. The van der Waals surface area contributed by atoms with Gasteiger partial charge < -0.3 is 5.73 Å². The van der Waals surface area contributed by atoms with Crippen molar-refractivity contribution in [3.8, 4) is 0 Å². The Morgan fingerprint density at radius 3 is 2.44 bits per heavy atom. The Kier molecular flexibility index (Phi) is 4.44. The number of benzene rings is 1. The number of thiophene rings is 1. The summed E-state index contributed by atoms with van der Waals surface area (Å²) < 4.78 is 26.0. The number of hydrogen-bond donors (Lipinski definition) is 1. The normalized spacial score (nSPS) is 12.6. The zero-order chi connectivity index (χ0) is 13.0. The minimum Gasteiger partial charge on any atom is -0.327 e. The molecule has 2 rings (SSSR count). The van der Waals surface area contributed by atoms with Crippen molar-refractivity contribution in [3.05, 3.63) is 57.8 Å².